The van der Waals surface area contributed by atoms with Gasteiger partial charge in [0, 0.05) is 32.8 Å². The number of carbonyl (C=O) groups excluding carboxylic acids is 1. The van der Waals surface area contributed by atoms with Crippen LogP contribution in [-0.4, -0.2) is 27.5 Å². The summed E-state index contributed by atoms with van der Waals surface area (Å²) in [5.74, 6) is 0.491. The van der Waals surface area contributed by atoms with E-state index in [0.717, 1.165) is 12.1 Å². The van der Waals surface area contributed by atoms with Crippen molar-refractivity contribution in [2.75, 3.05) is 18.1 Å². The highest BCUT2D eigenvalue weighted by Crippen LogP contribution is 2.33. The molecule has 0 unspecified atom stereocenters. The van der Waals surface area contributed by atoms with Crippen molar-refractivity contribution >= 4 is 20.1 Å². The van der Waals surface area contributed by atoms with E-state index in [1.54, 1.807) is 0 Å². The van der Waals surface area contributed by atoms with E-state index in [1.165, 1.54) is 48.9 Å². The van der Waals surface area contributed by atoms with Crippen LogP contribution in [0.15, 0.2) is 65.7 Å². The van der Waals surface area contributed by atoms with Gasteiger partial charge in [-0.05, 0) is 68.4 Å². The molecule has 3 nitrogen and oxygen atoms in total. The molecular formula is C27H35BNO2. The molecule has 0 amide bonds. The molecule has 0 aliphatic heterocycles. The lowest BCUT2D eigenvalue weighted by molar-refractivity contribution is -0.138. The van der Waals surface area contributed by atoms with Gasteiger partial charge in [-0.25, -0.2) is 4.79 Å². The summed E-state index contributed by atoms with van der Waals surface area (Å²) in [7, 11) is 0. The van der Waals surface area contributed by atoms with Gasteiger partial charge < -0.3 is 9.64 Å². The van der Waals surface area contributed by atoms with Gasteiger partial charge in [-0.1, -0.05) is 61.7 Å². The Morgan fingerprint density at radius 2 is 1.61 bits per heavy atom. The summed E-state index contributed by atoms with van der Waals surface area (Å²) in [6, 6.07) is 19.6. The molecule has 3 radical (unpaired) electrons. The van der Waals surface area contributed by atoms with Crippen LogP contribution >= 0.6 is 0 Å². The average molecular weight is 416 g/mol. The maximum absolute atomic E-state index is 12.2. The highest BCUT2D eigenvalue weighted by Gasteiger charge is 2.17. The largest absolute Gasteiger partial charge is 0.463 e. The fraction of sp³-hybridized carbons (Fsp3) is 0.444. The molecule has 0 atom stereocenters. The average Bonchev–Trinajstić information content (AvgIpc) is 2.79. The first-order chi connectivity index (χ1) is 14.6. The van der Waals surface area contributed by atoms with Crippen LogP contribution in [0.5, 0.6) is 0 Å². The molecule has 3 rings (SSSR count). The van der Waals surface area contributed by atoms with E-state index >= 15 is 0 Å². The Morgan fingerprint density at radius 1 is 0.968 bits per heavy atom. The number of carbonyl (C=O) groups is 1. The van der Waals surface area contributed by atoms with Gasteiger partial charge in [0.25, 0.3) is 0 Å². The summed E-state index contributed by atoms with van der Waals surface area (Å²) in [6.45, 7) is 7.64. The first-order valence-corrected chi connectivity index (χ1v) is 11.3. The molecule has 1 fully saturated rings. The summed E-state index contributed by atoms with van der Waals surface area (Å²) in [5.41, 5.74) is 5.66. The summed E-state index contributed by atoms with van der Waals surface area (Å²) in [5, 5.41) is 0. The fourth-order valence-electron chi connectivity index (χ4n) is 4.25. The predicted molar refractivity (Wildman–Crippen MR) is 131 cm³/mol. The normalized spacial score (nSPS) is 14.9. The van der Waals surface area contributed by atoms with E-state index in [-0.39, 0.29) is 14.4 Å². The molecule has 1 aliphatic rings. The predicted octanol–water partition coefficient (Wildman–Crippen LogP) is 6.26. The maximum atomic E-state index is 12.2. The fourth-order valence-corrected chi connectivity index (χ4v) is 4.25. The molecule has 1 aliphatic carbocycles. The van der Waals surface area contributed by atoms with Gasteiger partial charge in [0.1, 0.15) is 0 Å². The number of hydrogen-bond acceptors (Lipinski definition) is 3. The van der Waals surface area contributed by atoms with Crippen molar-refractivity contribution in [3.05, 3.63) is 76.9 Å². The van der Waals surface area contributed by atoms with Gasteiger partial charge in [-0.15, -0.1) is 0 Å². The van der Waals surface area contributed by atoms with Crippen LogP contribution in [0.1, 0.15) is 69.9 Å². The molecule has 0 bridgehead atoms. The number of esters is 1. The second-order valence-corrected chi connectivity index (χ2v) is 8.39. The summed E-state index contributed by atoms with van der Waals surface area (Å²) in [4.78, 5) is 14.5. The number of ether oxygens (including phenoxy) is 1. The van der Waals surface area contributed by atoms with Crippen molar-refractivity contribution in [2.24, 2.45) is 0 Å². The molecule has 0 N–H and O–H groups in total. The van der Waals surface area contributed by atoms with E-state index in [0.29, 0.717) is 24.6 Å². The zero-order valence-corrected chi connectivity index (χ0v) is 19.3. The Morgan fingerprint density at radius 3 is 2.23 bits per heavy atom. The van der Waals surface area contributed by atoms with Crippen molar-refractivity contribution in [3.8, 4) is 0 Å². The monoisotopic (exact) mass is 416 g/mol. The van der Waals surface area contributed by atoms with Gasteiger partial charge in [-0.2, -0.15) is 0 Å². The Kier molecular flexibility index (Phi) is 9.90. The third-order valence-electron chi connectivity index (χ3n) is 6.20. The highest BCUT2D eigenvalue weighted by atomic mass is 16.5. The molecule has 2 aromatic carbocycles. The topological polar surface area (TPSA) is 29.5 Å². The van der Waals surface area contributed by atoms with Crippen molar-refractivity contribution < 1.29 is 9.53 Å². The molecule has 0 heterocycles. The Labute approximate surface area is 190 Å². The molecule has 1 saturated carbocycles. The third-order valence-corrected chi connectivity index (χ3v) is 6.20. The van der Waals surface area contributed by atoms with Crippen LogP contribution in [0.25, 0.3) is 0 Å². The first-order valence-electron chi connectivity index (χ1n) is 11.3. The SMILES string of the molecule is CCOC(=O)/C(C)=C(/C)CN(Cc1ccccc1)c1ccc(C2CCCCC2)cc1.[B]. The minimum atomic E-state index is -0.220. The first kappa shape index (κ1) is 24.8. The van der Waals surface area contributed by atoms with E-state index in [1.807, 2.05) is 26.8 Å². The van der Waals surface area contributed by atoms with E-state index in [4.69, 9.17) is 4.74 Å². The van der Waals surface area contributed by atoms with Crippen molar-refractivity contribution in [1.82, 2.24) is 0 Å². The lowest BCUT2D eigenvalue weighted by Crippen LogP contribution is -2.26. The quantitative estimate of drug-likeness (QED) is 0.289. The minimum Gasteiger partial charge on any atom is -0.463 e. The van der Waals surface area contributed by atoms with Gasteiger partial charge >= 0.3 is 5.97 Å². The van der Waals surface area contributed by atoms with Crippen LogP contribution in [0.3, 0.4) is 0 Å². The van der Waals surface area contributed by atoms with Crippen LogP contribution < -0.4 is 4.90 Å². The van der Waals surface area contributed by atoms with Gasteiger partial charge in [-0.3, -0.25) is 0 Å². The van der Waals surface area contributed by atoms with Crippen LogP contribution in [0.2, 0.25) is 0 Å². The van der Waals surface area contributed by atoms with Crippen molar-refractivity contribution in [1.29, 1.82) is 0 Å². The molecular weight excluding hydrogens is 381 g/mol. The lowest BCUT2D eigenvalue weighted by atomic mass is 9.84. The number of hydrogen-bond donors (Lipinski definition) is 0. The Balaban J connectivity index is 0.00000341. The lowest BCUT2D eigenvalue weighted by Gasteiger charge is -2.27. The molecule has 0 saturated heterocycles. The number of nitrogens with zero attached hydrogens (tertiary/aromatic N) is 1. The highest BCUT2D eigenvalue weighted by molar-refractivity contribution is 5.88. The molecule has 31 heavy (non-hydrogen) atoms. The number of anilines is 1. The molecule has 0 spiro atoms. The molecule has 4 heteroatoms. The van der Waals surface area contributed by atoms with Crippen LogP contribution in [0.4, 0.5) is 5.69 Å². The summed E-state index contributed by atoms with van der Waals surface area (Å²) >= 11 is 0. The van der Waals surface area contributed by atoms with Gasteiger partial charge in [0.2, 0.25) is 0 Å². The minimum absolute atomic E-state index is 0. The third kappa shape index (κ3) is 7.02. The maximum Gasteiger partial charge on any atom is 0.333 e. The second kappa shape index (κ2) is 12.4. The van der Waals surface area contributed by atoms with Gasteiger partial charge in [0.15, 0.2) is 0 Å². The molecule has 0 aromatic heterocycles. The standard InChI is InChI=1S/C27H35NO2.B/c1-4-30-27(29)22(3)21(2)19-28(20-23-11-7-5-8-12-23)26-17-15-25(16-18-26)24-13-9-6-10-14-24;/h5,7-8,11-12,15-18,24H,4,6,9-10,13-14,19-20H2,1-3H3;/b22-21-;. The molecule has 163 valence electrons. The molecule has 2 aromatic rings. The number of benzene rings is 2. The van der Waals surface area contributed by atoms with Crippen molar-refractivity contribution in [3.63, 3.8) is 0 Å². The Bertz CT molecular complexity index is 839. The number of rotatable bonds is 8. The van der Waals surface area contributed by atoms with Crippen LogP contribution in [-0.2, 0) is 16.1 Å². The Hall–Kier alpha value is -2.49. The smallest absolute Gasteiger partial charge is 0.333 e. The van der Waals surface area contributed by atoms with E-state index in [2.05, 4.69) is 53.4 Å². The van der Waals surface area contributed by atoms with Crippen molar-refractivity contribution in [2.45, 2.75) is 65.3 Å². The zero-order chi connectivity index (χ0) is 21.3. The summed E-state index contributed by atoms with van der Waals surface area (Å²) < 4.78 is 5.20. The van der Waals surface area contributed by atoms with Gasteiger partial charge in [0.05, 0.1) is 6.61 Å². The second-order valence-electron chi connectivity index (χ2n) is 8.39. The zero-order valence-electron chi connectivity index (χ0n) is 19.3. The van der Waals surface area contributed by atoms with Crippen LogP contribution in [0, 0.1) is 0 Å². The summed E-state index contributed by atoms with van der Waals surface area (Å²) in [6.07, 6.45) is 6.71. The van der Waals surface area contributed by atoms with E-state index in [9.17, 15) is 4.79 Å². The van der Waals surface area contributed by atoms with E-state index < -0.39 is 0 Å².